The molecule has 0 aliphatic heterocycles. The van der Waals surface area contributed by atoms with E-state index in [-0.39, 0.29) is 0 Å². The zero-order valence-corrected chi connectivity index (χ0v) is 9.55. The Labute approximate surface area is 98.7 Å². The summed E-state index contributed by atoms with van der Waals surface area (Å²) in [7, 11) is 1.59. The zero-order chi connectivity index (χ0) is 11.9. The molecule has 0 aromatic carbocycles. The van der Waals surface area contributed by atoms with Crippen molar-refractivity contribution in [1.82, 2.24) is 25.1 Å². The van der Waals surface area contributed by atoms with Gasteiger partial charge in [-0.3, -0.25) is 5.10 Å². The third-order valence-electron chi connectivity index (χ3n) is 2.20. The molecule has 0 aliphatic rings. The van der Waals surface area contributed by atoms with E-state index in [0.717, 1.165) is 25.2 Å². The van der Waals surface area contributed by atoms with Gasteiger partial charge < -0.3 is 10.1 Å². The van der Waals surface area contributed by atoms with Gasteiger partial charge in [0.2, 0.25) is 5.95 Å². The molecule has 0 radical (unpaired) electrons. The van der Waals surface area contributed by atoms with Gasteiger partial charge in [-0.15, -0.1) is 0 Å². The Bertz CT molecular complexity index is 427. The van der Waals surface area contributed by atoms with Gasteiger partial charge in [0.25, 0.3) is 0 Å². The normalized spacial score (nSPS) is 10.2. The van der Waals surface area contributed by atoms with E-state index in [2.05, 4.69) is 30.5 Å². The maximum absolute atomic E-state index is 4.97. The lowest BCUT2D eigenvalue weighted by Gasteiger charge is -2.04. The summed E-state index contributed by atoms with van der Waals surface area (Å²) in [4.78, 5) is 12.2. The van der Waals surface area contributed by atoms with Crippen molar-refractivity contribution in [3.8, 4) is 5.75 Å². The SMILES string of the molecule is COc1cnc(NCCCc2ncn[nH]2)nc1. The average molecular weight is 234 g/mol. The molecule has 0 spiro atoms. The number of ether oxygens (including phenoxy) is 1. The quantitative estimate of drug-likeness (QED) is 0.713. The van der Waals surface area contributed by atoms with Gasteiger partial charge in [-0.2, -0.15) is 5.10 Å². The number of rotatable bonds is 6. The minimum absolute atomic E-state index is 0.600. The molecule has 0 bridgehead atoms. The van der Waals surface area contributed by atoms with Crippen molar-refractivity contribution in [1.29, 1.82) is 0 Å². The molecule has 90 valence electrons. The van der Waals surface area contributed by atoms with Crippen molar-refractivity contribution in [3.63, 3.8) is 0 Å². The number of hydrogen-bond acceptors (Lipinski definition) is 6. The number of aryl methyl sites for hydroxylation is 1. The van der Waals surface area contributed by atoms with Crippen molar-refractivity contribution >= 4 is 5.95 Å². The Kier molecular flexibility index (Phi) is 3.85. The van der Waals surface area contributed by atoms with Crippen LogP contribution < -0.4 is 10.1 Å². The summed E-state index contributed by atoms with van der Waals surface area (Å²) >= 11 is 0. The molecular formula is C10H14N6O. The van der Waals surface area contributed by atoms with E-state index in [1.54, 1.807) is 19.5 Å². The summed E-state index contributed by atoms with van der Waals surface area (Å²) in [5.41, 5.74) is 0. The lowest BCUT2D eigenvalue weighted by Crippen LogP contribution is -2.06. The van der Waals surface area contributed by atoms with Gasteiger partial charge >= 0.3 is 0 Å². The maximum atomic E-state index is 4.97. The van der Waals surface area contributed by atoms with Crippen LogP contribution in [0.15, 0.2) is 18.7 Å². The number of aromatic nitrogens is 5. The van der Waals surface area contributed by atoms with Crippen LogP contribution >= 0.6 is 0 Å². The fourth-order valence-electron chi connectivity index (χ4n) is 1.32. The summed E-state index contributed by atoms with van der Waals surface area (Å²) in [5.74, 6) is 2.14. The van der Waals surface area contributed by atoms with Crippen LogP contribution in [-0.2, 0) is 6.42 Å². The molecule has 0 unspecified atom stereocenters. The van der Waals surface area contributed by atoms with Crippen LogP contribution in [0, 0.1) is 0 Å². The Morgan fingerprint density at radius 3 is 2.76 bits per heavy atom. The third kappa shape index (κ3) is 3.40. The standard InChI is InChI=1S/C10H14N6O/c1-17-8-5-12-10(13-6-8)11-4-2-3-9-14-7-15-16-9/h5-7H,2-4H2,1H3,(H,11,12,13)(H,14,15,16). The molecule has 2 rings (SSSR count). The lowest BCUT2D eigenvalue weighted by molar-refractivity contribution is 0.411. The molecule has 2 heterocycles. The highest BCUT2D eigenvalue weighted by atomic mass is 16.5. The summed E-state index contributed by atoms with van der Waals surface area (Å²) in [6.45, 7) is 0.785. The van der Waals surface area contributed by atoms with E-state index >= 15 is 0 Å². The van der Waals surface area contributed by atoms with Gasteiger partial charge in [-0.1, -0.05) is 0 Å². The minimum atomic E-state index is 0.600. The van der Waals surface area contributed by atoms with Gasteiger partial charge in [0, 0.05) is 13.0 Å². The molecular weight excluding hydrogens is 220 g/mol. The second kappa shape index (κ2) is 5.78. The summed E-state index contributed by atoms with van der Waals surface area (Å²) in [6.07, 6.45) is 6.56. The first-order chi connectivity index (χ1) is 8.38. The minimum Gasteiger partial charge on any atom is -0.494 e. The fourth-order valence-corrected chi connectivity index (χ4v) is 1.32. The van der Waals surface area contributed by atoms with E-state index in [1.165, 1.54) is 6.33 Å². The molecule has 2 aromatic heterocycles. The number of H-pyrrole nitrogens is 1. The van der Waals surface area contributed by atoms with E-state index in [9.17, 15) is 0 Å². The predicted molar refractivity (Wildman–Crippen MR) is 61.8 cm³/mol. The van der Waals surface area contributed by atoms with Gasteiger partial charge in [-0.05, 0) is 6.42 Å². The summed E-state index contributed by atoms with van der Waals surface area (Å²) in [5, 5.41) is 9.72. The van der Waals surface area contributed by atoms with Crippen molar-refractivity contribution in [3.05, 3.63) is 24.5 Å². The second-order valence-electron chi connectivity index (χ2n) is 3.41. The number of nitrogens with zero attached hydrogens (tertiary/aromatic N) is 4. The van der Waals surface area contributed by atoms with E-state index in [1.807, 2.05) is 0 Å². The predicted octanol–water partition coefficient (Wildman–Crippen LogP) is 0.648. The van der Waals surface area contributed by atoms with Crippen molar-refractivity contribution in [2.75, 3.05) is 19.0 Å². The van der Waals surface area contributed by atoms with E-state index in [4.69, 9.17) is 4.74 Å². The first-order valence-electron chi connectivity index (χ1n) is 5.32. The molecule has 7 heteroatoms. The molecule has 17 heavy (non-hydrogen) atoms. The van der Waals surface area contributed by atoms with Crippen LogP contribution in [0.1, 0.15) is 12.2 Å². The first-order valence-corrected chi connectivity index (χ1v) is 5.32. The highest BCUT2D eigenvalue weighted by Gasteiger charge is 1.98. The van der Waals surface area contributed by atoms with Crippen molar-refractivity contribution in [2.24, 2.45) is 0 Å². The van der Waals surface area contributed by atoms with E-state index in [0.29, 0.717) is 11.7 Å². The Morgan fingerprint density at radius 2 is 2.12 bits per heavy atom. The molecule has 0 aliphatic carbocycles. The Balaban J connectivity index is 1.70. The lowest BCUT2D eigenvalue weighted by atomic mass is 10.3. The largest absolute Gasteiger partial charge is 0.494 e. The highest BCUT2D eigenvalue weighted by molar-refractivity contribution is 5.26. The molecule has 2 N–H and O–H groups in total. The molecule has 0 saturated carbocycles. The van der Waals surface area contributed by atoms with Crippen molar-refractivity contribution < 1.29 is 4.74 Å². The third-order valence-corrected chi connectivity index (χ3v) is 2.20. The molecule has 0 fully saturated rings. The van der Waals surface area contributed by atoms with E-state index < -0.39 is 0 Å². The van der Waals surface area contributed by atoms with Crippen molar-refractivity contribution in [2.45, 2.75) is 12.8 Å². The number of anilines is 1. The monoisotopic (exact) mass is 234 g/mol. The summed E-state index contributed by atoms with van der Waals surface area (Å²) < 4.78 is 4.97. The molecule has 2 aromatic rings. The van der Waals surface area contributed by atoms with Gasteiger partial charge in [0.1, 0.15) is 12.2 Å². The number of hydrogen-bond donors (Lipinski definition) is 2. The average Bonchev–Trinajstić information content (AvgIpc) is 2.88. The fraction of sp³-hybridized carbons (Fsp3) is 0.400. The smallest absolute Gasteiger partial charge is 0.222 e. The zero-order valence-electron chi connectivity index (χ0n) is 9.55. The van der Waals surface area contributed by atoms with Gasteiger partial charge in [-0.25, -0.2) is 15.0 Å². The van der Waals surface area contributed by atoms with Crippen LogP contribution in [0.2, 0.25) is 0 Å². The number of aromatic amines is 1. The van der Waals surface area contributed by atoms with Gasteiger partial charge in [0.05, 0.1) is 19.5 Å². The second-order valence-corrected chi connectivity index (χ2v) is 3.41. The number of nitrogens with one attached hydrogen (secondary N) is 2. The van der Waals surface area contributed by atoms with Crippen LogP contribution in [-0.4, -0.2) is 38.8 Å². The molecule has 0 atom stereocenters. The molecule has 0 saturated heterocycles. The maximum Gasteiger partial charge on any atom is 0.222 e. The number of methoxy groups -OCH3 is 1. The molecule has 7 nitrogen and oxygen atoms in total. The van der Waals surface area contributed by atoms with Crippen LogP contribution in [0.4, 0.5) is 5.95 Å². The highest BCUT2D eigenvalue weighted by Crippen LogP contribution is 2.07. The van der Waals surface area contributed by atoms with Crippen LogP contribution in [0.5, 0.6) is 5.75 Å². The molecule has 0 amide bonds. The van der Waals surface area contributed by atoms with Gasteiger partial charge in [0.15, 0.2) is 5.75 Å². The van der Waals surface area contributed by atoms with Crippen LogP contribution in [0.25, 0.3) is 0 Å². The Hall–Kier alpha value is -2.18. The topological polar surface area (TPSA) is 88.6 Å². The Morgan fingerprint density at radius 1 is 1.29 bits per heavy atom. The summed E-state index contributed by atoms with van der Waals surface area (Å²) in [6, 6.07) is 0. The first kappa shape index (κ1) is 11.3. The van der Waals surface area contributed by atoms with Crippen LogP contribution in [0.3, 0.4) is 0 Å².